The Kier molecular flexibility index (Phi) is 5.66. The molecule has 0 aromatic carbocycles. The molecule has 8 unspecified atom stereocenters. The molecule has 10 heteroatoms. The smallest absolute Gasteiger partial charge is 0.229 e. The number of carbonyl (C=O) groups excluding carboxylic acids is 1. The Morgan fingerprint density at radius 2 is 2.04 bits per heavy atom. The van der Waals surface area contributed by atoms with Crippen LogP contribution in [0, 0.1) is 17.8 Å². The number of carbonyl (C=O) groups is 1. The van der Waals surface area contributed by atoms with E-state index in [1.165, 1.54) is 0 Å². The minimum absolute atomic E-state index is 0.0574. The van der Waals surface area contributed by atoms with Crippen LogP contribution in [0.5, 0.6) is 0 Å². The Labute approximate surface area is 159 Å². The Bertz CT molecular complexity index is 553. The highest BCUT2D eigenvalue weighted by Crippen LogP contribution is 2.30. The summed E-state index contributed by atoms with van der Waals surface area (Å²) in [6.45, 7) is 5.45. The van der Waals surface area contributed by atoms with Gasteiger partial charge < -0.3 is 16.4 Å². The van der Waals surface area contributed by atoms with Crippen LogP contribution in [0.15, 0.2) is 0 Å². The third-order valence-corrected chi connectivity index (χ3v) is 6.59. The van der Waals surface area contributed by atoms with Crippen molar-refractivity contribution in [3.8, 4) is 0 Å². The molecule has 0 saturated carbocycles. The lowest BCUT2D eigenvalue weighted by atomic mass is 9.78. The van der Waals surface area contributed by atoms with Gasteiger partial charge in [0.25, 0.3) is 0 Å². The van der Waals surface area contributed by atoms with Crippen LogP contribution in [0.3, 0.4) is 0 Å². The molecule has 0 aromatic rings. The predicted molar refractivity (Wildman–Crippen MR) is 99.6 cm³/mol. The lowest BCUT2D eigenvalue weighted by molar-refractivity contribution is -0.128. The monoisotopic (exact) mass is 384 g/mol. The topological polar surface area (TPSA) is 110 Å². The lowest BCUT2D eigenvalue weighted by Gasteiger charge is -2.39. The van der Waals surface area contributed by atoms with Gasteiger partial charge in [-0.25, -0.2) is 19.8 Å². The zero-order chi connectivity index (χ0) is 19.1. The molecule has 0 aliphatic carbocycles. The molecule has 0 spiro atoms. The van der Waals surface area contributed by atoms with Gasteiger partial charge in [-0.1, -0.05) is 0 Å². The molecular formula is C17H33FN8O. The Morgan fingerprint density at radius 3 is 2.78 bits per heavy atom. The van der Waals surface area contributed by atoms with Crippen molar-refractivity contribution >= 4 is 5.91 Å². The first-order valence-corrected chi connectivity index (χ1v) is 10.1. The first kappa shape index (κ1) is 19.4. The van der Waals surface area contributed by atoms with E-state index in [1.54, 1.807) is 5.01 Å². The molecule has 154 valence electrons. The van der Waals surface area contributed by atoms with E-state index in [0.29, 0.717) is 17.9 Å². The van der Waals surface area contributed by atoms with Crippen molar-refractivity contribution < 1.29 is 9.18 Å². The number of hydrogen-bond acceptors (Lipinski definition) is 8. The Balaban J connectivity index is 1.43. The Morgan fingerprint density at radius 1 is 1.22 bits per heavy atom. The summed E-state index contributed by atoms with van der Waals surface area (Å²) in [5.41, 5.74) is 12.7. The van der Waals surface area contributed by atoms with Crippen molar-refractivity contribution in [1.29, 1.82) is 0 Å². The normalized spacial score (nSPS) is 46.4. The largest absolute Gasteiger partial charge is 0.351 e. The van der Waals surface area contributed by atoms with Crippen molar-refractivity contribution in [2.24, 2.45) is 23.5 Å². The predicted octanol–water partition coefficient (Wildman–Crippen LogP) is -2.48. The lowest BCUT2D eigenvalue weighted by Crippen LogP contribution is -2.61. The average Bonchev–Trinajstić information content (AvgIpc) is 3.12. The number of piperidine rings is 1. The highest BCUT2D eigenvalue weighted by molar-refractivity contribution is 5.80. The van der Waals surface area contributed by atoms with E-state index < -0.39 is 18.3 Å². The molecule has 0 bridgehead atoms. The molecule has 0 aromatic heterocycles. The number of hydrogen-bond donors (Lipinski definition) is 6. The molecule has 4 rings (SSSR count). The van der Waals surface area contributed by atoms with E-state index >= 15 is 0 Å². The van der Waals surface area contributed by atoms with Gasteiger partial charge in [-0.05, 0) is 31.7 Å². The molecule has 8 atom stereocenters. The van der Waals surface area contributed by atoms with Gasteiger partial charge in [0.15, 0.2) is 0 Å². The quantitative estimate of drug-likeness (QED) is 0.318. The number of fused-ring (bicyclic) bond motifs is 1. The van der Waals surface area contributed by atoms with E-state index in [2.05, 4.69) is 45.8 Å². The number of nitrogens with one attached hydrogen (secondary N) is 5. The molecule has 4 heterocycles. The molecule has 0 radical (unpaired) electrons. The molecule has 27 heavy (non-hydrogen) atoms. The first-order valence-electron chi connectivity index (χ1n) is 10.1. The number of amides is 1. The minimum atomic E-state index is -0.956. The average molecular weight is 385 g/mol. The van der Waals surface area contributed by atoms with Gasteiger partial charge in [0, 0.05) is 45.3 Å². The Hall–Kier alpha value is -0.880. The molecule has 4 saturated heterocycles. The molecular weight excluding hydrogens is 351 g/mol. The van der Waals surface area contributed by atoms with Gasteiger partial charge in [0.1, 0.15) is 6.17 Å². The van der Waals surface area contributed by atoms with Crippen molar-refractivity contribution in [2.75, 3.05) is 39.8 Å². The molecule has 7 N–H and O–H groups in total. The van der Waals surface area contributed by atoms with E-state index in [0.717, 1.165) is 26.1 Å². The van der Waals surface area contributed by atoms with Gasteiger partial charge in [0.05, 0.1) is 18.2 Å². The first-order chi connectivity index (χ1) is 12.9. The summed E-state index contributed by atoms with van der Waals surface area (Å²) in [5.74, 6) is 0.410. The van der Waals surface area contributed by atoms with Crippen molar-refractivity contribution in [3.05, 3.63) is 0 Å². The summed E-state index contributed by atoms with van der Waals surface area (Å²) < 4.78 is 13.6. The number of alkyl halides is 1. The van der Waals surface area contributed by atoms with Gasteiger partial charge in [-0.3, -0.25) is 15.5 Å². The van der Waals surface area contributed by atoms with Crippen molar-refractivity contribution in [3.63, 3.8) is 0 Å². The van der Waals surface area contributed by atoms with Crippen molar-refractivity contribution in [1.82, 2.24) is 36.8 Å². The number of nitrogens with two attached hydrogens (primary N) is 1. The maximum atomic E-state index is 13.6. The zero-order valence-electron chi connectivity index (χ0n) is 16.1. The summed E-state index contributed by atoms with van der Waals surface area (Å²) in [6.07, 6.45) is -0.689. The number of hydrazine groups is 2. The fourth-order valence-electron chi connectivity index (χ4n) is 5.28. The van der Waals surface area contributed by atoms with E-state index in [-0.39, 0.29) is 31.2 Å². The van der Waals surface area contributed by atoms with E-state index in [9.17, 15) is 9.18 Å². The maximum absolute atomic E-state index is 13.6. The standard InChI is InChI=1S/C17H33FN8O/c1-9-12(8-25(2)23-9)11-3-4-20-6-13(11)22-17(27)14-15(19)24-26-7-10(18)5-21-16(14)26/h9-16,20-21,23-24H,3-8,19H2,1-2H3,(H,22,27). The maximum Gasteiger partial charge on any atom is 0.229 e. The molecule has 1 amide bonds. The summed E-state index contributed by atoms with van der Waals surface area (Å²) in [6, 6.07) is 0.468. The van der Waals surface area contributed by atoms with Crippen LogP contribution in [0.25, 0.3) is 0 Å². The zero-order valence-corrected chi connectivity index (χ0v) is 16.1. The highest BCUT2D eigenvalue weighted by atomic mass is 19.1. The van der Waals surface area contributed by atoms with Crippen molar-refractivity contribution in [2.45, 2.75) is 43.9 Å². The van der Waals surface area contributed by atoms with Crippen LogP contribution in [0.2, 0.25) is 0 Å². The summed E-state index contributed by atoms with van der Waals surface area (Å²) in [5, 5.41) is 13.7. The van der Waals surface area contributed by atoms with Crippen LogP contribution in [0.4, 0.5) is 4.39 Å². The second-order valence-corrected chi connectivity index (χ2v) is 8.52. The van der Waals surface area contributed by atoms with Gasteiger partial charge in [0.2, 0.25) is 5.91 Å². The number of halogens is 1. The SMILES string of the molecule is CC1NN(C)CC1C1CCNCC1NC(=O)C1C(N)NN2CC(F)CNC12. The van der Waals surface area contributed by atoms with Crippen LogP contribution in [-0.2, 0) is 4.79 Å². The summed E-state index contributed by atoms with van der Waals surface area (Å²) in [4.78, 5) is 13.1. The fourth-order valence-corrected chi connectivity index (χ4v) is 5.28. The highest BCUT2D eigenvalue weighted by Gasteiger charge is 2.48. The molecule has 9 nitrogen and oxygen atoms in total. The molecule has 4 aliphatic rings. The molecule has 4 fully saturated rings. The van der Waals surface area contributed by atoms with Crippen LogP contribution in [-0.4, -0.2) is 86.3 Å². The van der Waals surface area contributed by atoms with E-state index in [1.807, 2.05) is 0 Å². The summed E-state index contributed by atoms with van der Waals surface area (Å²) in [7, 11) is 2.07. The third-order valence-electron chi connectivity index (χ3n) is 6.59. The van der Waals surface area contributed by atoms with Crippen LogP contribution >= 0.6 is 0 Å². The number of rotatable bonds is 3. The van der Waals surface area contributed by atoms with Gasteiger partial charge in [-0.2, -0.15) is 0 Å². The summed E-state index contributed by atoms with van der Waals surface area (Å²) >= 11 is 0. The van der Waals surface area contributed by atoms with Crippen LogP contribution in [0.1, 0.15) is 13.3 Å². The fraction of sp³-hybridized carbons (Fsp3) is 0.941. The van der Waals surface area contributed by atoms with E-state index in [4.69, 9.17) is 5.73 Å². The van der Waals surface area contributed by atoms with Gasteiger partial charge >= 0.3 is 0 Å². The third kappa shape index (κ3) is 3.84. The number of nitrogens with zero attached hydrogens (tertiary/aromatic N) is 2. The van der Waals surface area contributed by atoms with Crippen LogP contribution < -0.4 is 32.5 Å². The minimum Gasteiger partial charge on any atom is -0.351 e. The molecule has 4 aliphatic heterocycles. The second kappa shape index (κ2) is 7.86. The van der Waals surface area contributed by atoms with Gasteiger partial charge in [-0.15, -0.1) is 0 Å². The second-order valence-electron chi connectivity index (χ2n) is 8.52.